The largest absolute Gasteiger partial charge is 0.309 e. The summed E-state index contributed by atoms with van der Waals surface area (Å²) in [7, 11) is 0. The van der Waals surface area contributed by atoms with Crippen LogP contribution >= 0.6 is 15.9 Å². The Kier molecular flexibility index (Phi) is 2.90. The molecular weight excluding hydrogens is 278 g/mol. The summed E-state index contributed by atoms with van der Waals surface area (Å²) in [5.74, 6) is 0. The molecule has 0 radical (unpaired) electrons. The molecule has 0 bridgehead atoms. The fourth-order valence-electron chi connectivity index (χ4n) is 1.99. The lowest BCUT2D eigenvalue weighted by Gasteiger charge is -2.23. The van der Waals surface area contributed by atoms with Crippen LogP contribution in [0.1, 0.15) is 26.3 Å². The molecule has 0 aliphatic carbocycles. The fraction of sp³-hybridized carbons (Fsp3) is 0.357. The van der Waals surface area contributed by atoms with E-state index in [4.69, 9.17) is 0 Å². The van der Waals surface area contributed by atoms with Crippen LogP contribution < -0.4 is 5.56 Å². The highest BCUT2D eigenvalue weighted by Crippen LogP contribution is 2.22. The SMILES string of the molecule is Cc1cn(C(C)(C)C)c(=O)c2cc(Br)ccc12. The van der Waals surface area contributed by atoms with Crippen molar-refractivity contribution in [3.8, 4) is 0 Å². The first kappa shape index (κ1) is 12.4. The van der Waals surface area contributed by atoms with Gasteiger partial charge in [-0.05, 0) is 50.8 Å². The fourth-order valence-corrected chi connectivity index (χ4v) is 2.35. The molecule has 2 rings (SSSR count). The molecule has 0 saturated heterocycles. The van der Waals surface area contributed by atoms with E-state index in [1.165, 1.54) is 0 Å². The molecule has 0 spiro atoms. The summed E-state index contributed by atoms with van der Waals surface area (Å²) in [6.45, 7) is 8.16. The molecule has 0 aliphatic rings. The van der Waals surface area contributed by atoms with Gasteiger partial charge in [0.05, 0.1) is 0 Å². The third kappa shape index (κ3) is 2.16. The number of hydrogen-bond acceptors (Lipinski definition) is 1. The Bertz CT molecular complexity index is 635. The summed E-state index contributed by atoms with van der Waals surface area (Å²) in [6, 6.07) is 5.85. The average molecular weight is 294 g/mol. The first-order chi connectivity index (χ1) is 7.80. The Hall–Kier alpha value is -1.09. The van der Waals surface area contributed by atoms with Gasteiger partial charge in [0, 0.05) is 21.6 Å². The van der Waals surface area contributed by atoms with Crippen molar-refractivity contribution < 1.29 is 0 Å². The van der Waals surface area contributed by atoms with Crippen LogP contribution in [0.3, 0.4) is 0 Å². The highest BCUT2D eigenvalue weighted by atomic mass is 79.9. The van der Waals surface area contributed by atoms with Crippen LogP contribution in [0.2, 0.25) is 0 Å². The minimum absolute atomic E-state index is 0.0689. The summed E-state index contributed by atoms with van der Waals surface area (Å²) in [5.41, 5.74) is 1.000. The monoisotopic (exact) mass is 293 g/mol. The van der Waals surface area contributed by atoms with Crippen LogP contribution in [0.15, 0.2) is 33.7 Å². The van der Waals surface area contributed by atoms with Crippen LogP contribution in [0, 0.1) is 6.92 Å². The van der Waals surface area contributed by atoms with Gasteiger partial charge in [-0.15, -0.1) is 0 Å². The summed E-state index contributed by atoms with van der Waals surface area (Å²) in [4.78, 5) is 12.4. The summed E-state index contributed by atoms with van der Waals surface area (Å²) in [5, 5.41) is 1.80. The van der Waals surface area contributed by atoms with E-state index in [2.05, 4.69) is 15.9 Å². The number of benzene rings is 1. The van der Waals surface area contributed by atoms with Crippen LogP contribution in [0.5, 0.6) is 0 Å². The Labute approximate surface area is 109 Å². The average Bonchev–Trinajstić information content (AvgIpc) is 2.21. The first-order valence-corrected chi connectivity index (χ1v) is 6.42. The molecule has 3 heteroatoms. The standard InChI is InChI=1S/C14H16BrNO/c1-9-8-16(14(2,3)4)13(17)12-7-10(15)5-6-11(9)12/h5-8H,1-4H3. The number of aromatic nitrogens is 1. The number of rotatable bonds is 0. The highest BCUT2D eigenvalue weighted by Gasteiger charge is 2.17. The van der Waals surface area contributed by atoms with E-state index in [-0.39, 0.29) is 11.1 Å². The van der Waals surface area contributed by atoms with E-state index >= 15 is 0 Å². The van der Waals surface area contributed by atoms with Crippen molar-refractivity contribution in [1.82, 2.24) is 4.57 Å². The Morgan fingerprint density at radius 1 is 1.18 bits per heavy atom. The molecule has 0 fully saturated rings. The number of hydrogen-bond donors (Lipinski definition) is 0. The molecule has 1 aromatic heterocycles. The Balaban J connectivity index is 2.93. The van der Waals surface area contributed by atoms with E-state index in [1.54, 1.807) is 4.57 Å². The summed E-state index contributed by atoms with van der Waals surface area (Å²) >= 11 is 3.42. The molecule has 0 atom stereocenters. The normalized spacial score (nSPS) is 12.1. The predicted molar refractivity (Wildman–Crippen MR) is 75.6 cm³/mol. The van der Waals surface area contributed by atoms with Crippen LogP contribution in [-0.2, 0) is 5.54 Å². The lowest BCUT2D eigenvalue weighted by atomic mass is 10.0. The van der Waals surface area contributed by atoms with Gasteiger partial charge in [0.25, 0.3) is 5.56 Å². The van der Waals surface area contributed by atoms with Gasteiger partial charge in [0.15, 0.2) is 0 Å². The number of fused-ring (bicyclic) bond motifs is 1. The maximum atomic E-state index is 12.4. The summed E-state index contributed by atoms with van der Waals surface area (Å²) in [6.07, 6.45) is 1.94. The molecule has 0 unspecified atom stereocenters. The van der Waals surface area contributed by atoms with Crippen molar-refractivity contribution in [2.75, 3.05) is 0 Å². The molecule has 90 valence electrons. The lowest BCUT2D eigenvalue weighted by molar-refractivity contribution is 0.385. The topological polar surface area (TPSA) is 22.0 Å². The van der Waals surface area contributed by atoms with Crippen LogP contribution in [0.25, 0.3) is 10.8 Å². The predicted octanol–water partition coefficient (Wildman–Crippen LogP) is 3.83. The second-order valence-electron chi connectivity index (χ2n) is 5.35. The zero-order valence-corrected chi connectivity index (χ0v) is 12.1. The minimum Gasteiger partial charge on any atom is -0.309 e. The Morgan fingerprint density at radius 3 is 2.41 bits per heavy atom. The molecule has 1 aromatic carbocycles. The van der Waals surface area contributed by atoms with Crippen molar-refractivity contribution in [1.29, 1.82) is 0 Å². The van der Waals surface area contributed by atoms with Gasteiger partial charge in [-0.25, -0.2) is 0 Å². The van der Waals surface area contributed by atoms with Crippen molar-refractivity contribution in [3.05, 3.63) is 44.8 Å². The van der Waals surface area contributed by atoms with Gasteiger partial charge in [0.2, 0.25) is 0 Å². The zero-order chi connectivity index (χ0) is 12.8. The van der Waals surface area contributed by atoms with Crippen LogP contribution in [0.4, 0.5) is 0 Å². The van der Waals surface area contributed by atoms with Crippen molar-refractivity contribution >= 4 is 26.7 Å². The van der Waals surface area contributed by atoms with Crippen molar-refractivity contribution in [2.24, 2.45) is 0 Å². The van der Waals surface area contributed by atoms with E-state index in [0.29, 0.717) is 0 Å². The van der Waals surface area contributed by atoms with E-state index in [1.807, 2.05) is 52.1 Å². The van der Waals surface area contributed by atoms with Crippen LogP contribution in [-0.4, -0.2) is 4.57 Å². The smallest absolute Gasteiger partial charge is 0.258 e. The third-order valence-corrected chi connectivity index (χ3v) is 3.39. The molecule has 2 nitrogen and oxygen atoms in total. The molecule has 0 aliphatic heterocycles. The lowest BCUT2D eigenvalue weighted by Crippen LogP contribution is -2.33. The molecule has 1 heterocycles. The van der Waals surface area contributed by atoms with Gasteiger partial charge in [0.1, 0.15) is 0 Å². The Morgan fingerprint density at radius 2 is 1.82 bits per heavy atom. The second-order valence-corrected chi connectivity index (χ2v) is 6.26. The first-order valence-electron chi connectivity index (χ1n) is 5.63. The van der Waals surface area contributed by atoms with Crippen molar-refractivity contribution in [3.63, 3.8) is 0 Å². The number of pyridine rings is 1. The van der Waals surface area contributed by atoms with Gasteiger partial charge >= 0.3 is 0 Å². The maximum absolute atomic E-state index is 12.4. The molecule has 0 saturated carbocycles. The third-order valence-electron chi connectivity index (χ3n) is 2.90. The quantitative estimate of drug-likeness (QED) is 0.724. The number of nitrogens with zero attached hydrogens (tertiary/aromatic N) is 1. The van der Waals surface area contributed by atoms with E-state index in [0.717, 1.165) is 20.8 Å². The van der Waals surface area contributed by atoms with Gasteiger partial charge < -0.3 is 4.57 Å². The van der Waals surface area contributed by atoms with Crippen molar-refractivity contribution in [2.45, 2.75) is 33.2 Å². The molecule has 0 N–H and O–H groups in total. The van der Waals surface area contributed by atoms with E-state index < -0.39 is 0 Å². The van der Waals surface area contributed by atoms with Gasteiger partial charge in [-0.3, -0.25) is 4.79 Å². The minimum atomic E-state index is -0.196. The second kappa shape index (κ2) is 3.98. The molecule has 2 aromatic rings. The molecule has 0 amide bonds. The molecule has 17 heavy (non-hydrogen) atoms. The molecular formula is C14H16BrNO. The number of halogens is 1. The van der Waals surface area contributed by atoms with Gasteiger partial charge in [-0.2, -0.15) is 0 Å². The van der Waals surface area contributed by atoms with Gasteiger partial charge in [-0.1, -0.05) is 22.0 Å². The summed E-state index contributed by atoms with van der Waals surface area (Å²) < 4.78 is 2.74. The van der Waals surface area contributed by atoms with E-state index in [9.17, 15) is 4.79 Å². The highest BCUT2D eigenvalue weighted by molar-refractivity contribution is 9.10. The number of aryl methyl sites for hydroxylation is 1. The maximum Gasteiger partial charge on any atom is 0.258 e. The zero-order valence-electron chi connectivity index (χ0n) is 10.5.